The van der Waals surface area contributed by atoms with Crippen molar-refractivity contribution in [2.75, 3.05) is 19.0 Å². The lowest BCUT2D eigenvalue weighted by molar-refractivity contribution is -0.128. The van der Waals surface area contributed by atoms with Crippen LogP contribution < -0.4 is 20.9 Å². The van der Waals surface area contributed by atoms with Gasteiger partial charge in [-0.15, -0.1) is 0 Å². The molecule has 0 bridgehead atoms. The lowest BCUT2D eigenvalue weighted by atomic mass is 10.2. The van der Waals surface area contributed by atoms with Crippen LogP contribution in [0.1, 0.15) is 12.3 Å². The van der Waals surface area contributed by atoms with Gasteiger partial charge in [0.05, 0.1) is 24.9 Å². The number of nitrogens with zero attached hydrogens (tertiary/aromatic N) is 1. The maximum atomic E-state index is 11.9. The van der Waals surface area contributed by atoms with Crippen molar-refractivity contribution < 1.29 is 18.7 Å². The standard InChI is InChI=1S/C21H21ClN4O4/c1-29-15-8-6-14(7-9-15)23-13-20(28)26-25-19(27)10-11-21-24-12-18(30-21)16-4-2-3-5-17(16)22/h2-9,12,23H,10-11,13H2,1H3,(H,25,27)(H,26,28). The second kappa shape index (κ2) is 10.3. The van der Waals surface area contributed by atoms with E-state index in [4.69, 9.17) is 20.8 Å². The Balaban J connectivity index is 1.38. The van der Waals surface area contributed by atoms with Crippen LogP contribution in [0, 0.1) is 0 Å². The molecule has 0 fully saturated rings. The summed E-state index contributed by atoms with van der Waals surface area (Å²) in [5, 5.41) is 3.50. The number of carbonyl (C=O) groups is 2. The monoisotopic (exact) mass is 428 g/mol. The van der Waals surface area contributed by atoms with Crippen molar-refractivity contribution in [3.8, 4) is 17.1 Å². The summed E-state index contributed by atoms with van der Waals surface area (Å²) in [7, 11) is 1.58. The van der Waals surface area contributed by atoms with E-state index >= 15 is 0 Å². The molecule has 9 heteroatoms. The van der Waals surface area contributed by atoms with Crippen molar-refractivity contribution in [1.29, 1.82) is 0 Å². The van der Waals surface area contributed by atoms with Gasteiger partial charge in [0.1, 0.15) is 5.75 Å². The molecule has 0 unspecified atom stereocenters. The fraction of sp³-hybridized carbons (Fsp3) is 0.190. The number of methoxy groups -OCH3 is 1. The lowest BCUT2D eigenvalue weighted by Crippen LogP contribution is -2.44. The first-order chi connectivity index (χ1) is 14.5. The van der Waals surface area contributed by atoms with Crippen LogP contribution in [0.25, 0.3) is 11.3 Å². The molecule has 0 aliphatic rings. The van der Waals surface area contributed by atoms with Crippen LogP contribution in [-0.2, 0) is 16.0 Å². The van der Waals surface area contributed by atoms with Crippen molar-refractivity contribution in [2.45, 2.75) is 12.8 Å². The van der Waals surface area contributed by atoms with E-state index in [0.717, 1.165) is 17.0 Å². The topological polar surface area (TPSA) is 105 Å². The minimum absolute atomic E-state index is 0.00748. The predicted molar refractivity (Wildman–Crippen MR) is 113 cm³/mol. The first-order valence-corrected chi connectivity index (χ1v) is 9.58. The lowest BCUT2D eigenvalue weighted by Gasteiger charge is -2.09. The number of nitrogens with one attached hydrogen (secondary N) is 3. The molecule has 1 heterocycles. The summed E-state index contributed by atoms with van der Waals surface area (Å²) in [6.45, 7) is 0.00748. The number of aromatic nitrogens is 1. The molecule has 156 valence electrons. The van der Waals surface area contributed by atoms with Crippen LogP contribution in [0.4, 0.5) is 5.69 Å². The van der Waals surface area contributed by atoms with E-state index in [9.17, 15) is 9.59 Å². The maximum Gasteiger partial charge on any atom is 0.257 e. The third-order valence-corrected chi connectivity index (χ3v) is 4.47. The van der Waals surface area contributed by atoms with Crippen molar-refractivity contribution in [3.63, 3.8) is 0 Å². The number of aryl methyl sites for hydroxylation is 1. The van der Waals surface area contributed by atoms with Gasteiger partial charge in [0.15, 0.2) is 11.7 Å². The molecule has 0 saturated carbocycles. The molecule has 3 aromatic rings. The Hall–Kier alpha value is -3.52. The molecule has 0 aliphatic carbocycles. The Bertz CT molecular complexity index is 1000. The van der Waals surface area contributed by atoms with E-state index in [1.54, 1.807) is 43.6 Å². The first-order valence-electron chi connectivity index (χ1n) is 9.20. The quantitative estimate of drug-likeness (QED) is 0.476. The molecule has 3 N–H and O–H groups in total. The smallest absolute Gasteiger partial charge is 0.257 e. The van der Waals surface area contributed by atoms with Crippen LogP contribution >= 0.6 is 11.6 Å². The largest absolute Gasteiger partial charge is 0.497 e. The van der Waals surface area contributed by atoms with Gasteiger partial charge < -0.3 is 14.5 Å². The third kappa shape index (κ3) is 5.99. The Kier molecular flexibility index (Phi) is 7.29. The van der Waals surface area contributed by atoms with E-state index in [2.05, 4.69) is 21.2 Å². The number of benzene rings is 2. The number of halogens is 1. The molecule has 3 rings (SSSR count). The normalized spacial score (nSPS) is 10.3. The Morgan fingerprint density at radius 3 is 2.53 bits per heavy atom. The summed E-state index contributed by atoms with van der Waals surface area (Å²) in [4.78, 5) is 28.0. The van der Waals surface area contributed by atoms with Gasteiger partial charge in [-0.25, -0.2) is 4.98 Å². The van der Waals surface area contributed by atoms with Gasteiger partial charge in [0.25, 0.3) is 5.91 Å². The number of hydrogen-bond donors (Lipinski definition) is 3. The Morgan fingerprint density at radius 2 is 1.80 bits per heavy atom. The first kappa shape index (κ1) is 21.2. The summed E-state index contributed by atoms with van der Waals surface area (Å²) < 4.78 is 10.7. The second-order valence-electron chi connectivity index (χ2n) is 6.28. The van der Waals surface area contributed by atoms with E-state index in [0.29, 0.717) is 16.7 Å². The summed E-state index contributed by atoms with van der Waals surface area (Å²) in [6, 6.07) is 14.4. The van der Waals surface area contributed by atoms with Crippen LogP contribution in [0.2, 0.25) is 5.02 Å². The summed E-state index contributed by atoms with van der Waals surface area (Å²) in [5.41, 5.74) is 6.22. The van der Waals surface area contributed by atoms with E-state index in [-0.39, 0.29) is 31.2 Å². The average Bonchev–Trinajstić information content (AvgIpc) is 3.24. The molecular weight excluding hydrogens is 408 g/mol. The van der Waals surface area contributed by atoms with Gasteiger partial charge in [-0.05, 0) is 36.4 Å². The number of hydrogen-bond acceptors (Lipinski definition) is 6. The number of rotatable bonds is 8. The summed E-state index contributed by atoms with van der Waals surface area (Å²) in [6.07, 6.45) is 1.96. The summed E-state index contributed by atoms with van der Waals surface area (Å²) >= 11 is 6.14. The second-order valence-corrected chi connectivity index (χ2v) is 6.68. The van der Waals surface area contributed by atoms with Crippen molar-refractivity contribution >= 4 is 29.1 Å². The van der Waals surface area contributed by atoms with Gasteiger partial charge in [-0.2, -0.15) is 0 Å². The van der Waals surface area contributed by atoms with Gasteiger partial charge in [0, 0.05) is 24.1 Å². The van der Waals surface area contributed by atoms with Crippen LogP contribution in [0.5, 0.6) is 5.75 Å². The van der Waals surface area contributed by atoms with Gasteiger partial charge in [0.2, 0.25) is 5.91 Å². The van der Waals surface area contributed by atoms with Crippen molar-refractivity contribution in [1.82, 2.24) is 15.8 Å². The van der Waals surface area contributed by atoms with Gasteiger partial charge in [-0.1, -0.05) is 23.7 Å². The fourth-order valence-corrected chi connectivity index (χ4v) is 2.80. The molecule has 2 aromatic carbocycles. The molecule has 2 amide bonds. The van der Waals surface area contributed by atoms with Gasteiger partial charge >= 0.3 is 0 Å². The Labute approximate surface area is 178 Å². The van der Waals surface area contributed by atoms with E-state index < -0.39 is 0 Å². The van der Waals surface area contributed by atoms with Crippen LogP contribution in [0.3, 0.4) is 0 Å². The number of ether oxygens (including phenoxy) is 1. The molecule has 0 saturated heterocycles. The highest BCUT2D eigenvalue weighted by atomic mass is 35.5. The third-order valence-electron chi connectivity index (χ3n) is 4.14. The SMILES string of the molecule is COc1ccc(NCC(=O)NNC(=O)CCc2ncc(-c3ccccc3Cl)o2)cc1. The molecule has 0 atom stereocenters. The van der Waals surface area contributed by atoms with E-state index in [1.165, 1.54) is 0 Å². The highest BCUT2D eigenvalue weighted by Gasteiger charge is 2.11. The molecular formula is C21H21ClN4O4. The Morgan fingerprint density at radius 1 is 1.07 bits per heavy atom. The van der Waals surface area contributed by atoms with Crippen molar-refractivity contribution in [3.05, 3.63) is 65.6 Å². The number of carbonyl (C=O) groups excluding carboxylic acids is 2. The highest BCUT2D eigenvalue weighted by Crippen LogP contribution is 2.28. The minimum atomic E-state index is -0.378. The van der Waals surface area contributed by atoms with Crippen LogP contribution in [0.15, 0.2) is 59.1 Å². The summed E-state index contributed by atoms with van der Waals surface area (Å²) in [5.74, 6) is 0.936. The number of hydrazine groups is 1. The number of anilines is 1. The van der Waals surface area contributed by atoms with Crippen molar-refractivity contribution in [2.24, 2.45) is 0 Å². The van der Waals surface area contributed by atoms with Gasteiger partial charge in [-0.3, -0.25) is 20.4 Å². The van der Waals surface area contributed by atoms with Crippen LogP contribution in [-0.4, -0.2) is 30.5 Å². The molecule has 8 nitrogen and oxygen atoms in total. The number of oxazole rings is 1. The van der Waals surface area contributed by atoms with E-state index in [1.807, 2.05) is 18.2 Å². The zero-order chi connectivity index (χ0) is 21.3. The molecule has 30 heavy (non-hydrogen) atoms. The average molecular weight is 429 g/mol. The zero-order valence-corrected chi connectivity index (χ0v) is 17.0. The highest BCUT2D eigenvalue weighted by molar-refractivity contribution is 6.33. The fourth-order valence-electron chi connectivity index (χ4n) is 2.57. The molecule has 0 spiro atoms. The maximum absolute atomic E-state index is 11.9. The number of amides is 2. The molecule has 1 aromatic heterocycles. The molecule has 0 radical (unpaired) electrons. The zero-order valence-electron chi connectivity index (χ0n) is 16.3. The predicted octanol–water partition coefficient (Wildman–Crippen LogP) is 3.20. The minimum Gasteiger partial charge on any atom is -0.497 e. The molecule has 0 aliphatic heterocycles.